The molecule has 2 aromatic carbocycles. The average molecular weight is 238 g/mol. The summed E-state index contributed by atoms with van der Waals surface area (Å²) in [6, 6.07) is 21.1. The van der Waals surface area contributed by atoms with E-state index in [-0.39, 0.29) is 5.60 Å². The van der Waals surface area contributed by atoms with Gasteiger partial charge in [-0.25, -0.2) is 0 Å². The molecular weight excluding hydrogens is 220 g/mol. The van der Waals surface area contributed by atoms with E-state index in [9.17, 15) is 0 Å². The van der Waals surface area contributed by atoms with Gasteiger partial charge in [0.05, 0.1) is 6.10 Å². The largest absolute Gasteiger partial charge is 0.362 e. The lowest BCUT2D eigenvalue weighted by atomic mass is 9.70. The zero-order valence-electron chi connectivity index (χ0n) is 10.8. The van der Waals surface area contributed by atoms with Gasteiger partial charge < -0.3 is 4.74 Å². The Bertz CT molecular complexity index is 478. The fourth-order valence-corrected chi connectivity index (χ4v) is 2.96. The van der Waals surface area contributed by atoms with Crippen molar-refractivity contribution in [2.75, 3.05) is 0 Å². The zero-order chi connectivity index (χ0) is 12.6. The first kappa shape index (κ1) is 11.5. The topological polar surface area (TPSA) is 9.23 Å². The Labute approximate surface area is 108 Å². The third-order valence-corrected chi connectivity index (χ3v) is 4.12. The smallest absolute Gasteiger partial charge is 0.123 e. The van der Waals surface area contributed by atoms with E-state index in [1.807, 2.05) is 0 Å². The number of rotatable bonds is 2. The van der Waals surface area contributed by atoms with Crippen LogP contribution in [-0.2, 0) is 10.3 Å². The predicted octanol–water partition coefficient (Wildman–Crippen LogP) is 3.99. The van der Waals surface area contributed by atoms with Gasteiger partial charge in [-0.2, -0.15) is 0 Å². The second kappa shape index (κ2) is 4.25. The van der Waals surface area contributed by atoms with E-state index in [0.29, 0.717) is 12.0 Å². The quantitative estimate of drug-likeness (QED) is 0.768. The average Bonchev–Trinajstić information content (AvgIpc) is 2.46. The minimum Gasteiger partial charge on any atom is -0.362 e. The van der Waals surface area contributed by atoms with E-state index in [0.717, 1.165) is 0 Å². The first-order chi connectivity index (χ1) is 8.75. The molecule has 2 aromatic rings. The first-order valence-corrected chi connectivity index (χ1v) is 6.54. The van der Waals surface area contributed by atoms with Crippen molar-refractivity contribution >= 4 is 0 Å². The van der Waals surface area contributed by atoms with Crippen LogP contribution in [0.25, 0.3) is 0 Å². The highest BCUT2D eigenvalue weighted by atomic mass is 16.5. The second-order valence-electron chi connectivity index (χ2n) is 5.08. The molecule has 0 amide bonds. The molecule has 1 heteroatoms. The highest BCUT2D eigenvalue weighted by Gasteiger charge is 2.53. The Morgan fingerprint density at radius 3 is 1.56 bits per heavy atom. The van der Waals surface area contributed by atoms with Gasteiger partial charge in [0.1, 0.15) is 5.60 Å². The summed E-state index contributed by atoms with van der Waals surface area (Å²) in [6.07, 6.45) is 0.311. The molecule has 1 nitrogen and oxygen atoms in total. The molecule has 1 heterocycles. The maximum absolute atomic E-state index is 6.21. The molecule has 1 aliphatic heterocycles. The van der Waals surface area contributed by atoms with Gasteiger partial charge in [0.25, 0.3) is 0 Å². The molecule has 0 aliphatic carbocycles. The molecule has 3 rings (SSSR count). The Hall–Kier alpha value is -1.60. The summed E-state index contributed by atoms with van der Waals surface area (Å²) in [5.41, 5.74) is 2.24. The van der Waals surface area contributed by atoms with Crippen molar-refractivity contribution in [1.29, 1.82) is 0 Å². The van der Waals surface area contributed by atoms with Gasteiger partial charge >= 0.3 is 0 Å². The van der Waals surface area contributed by atoms with Crippen LogP contribution >= 0.6 is 0 Å². The zero-order valence-corrected chi connectivity index (χ0v) is 10.8. The Balaban J connectivity index is 2.12. The maximum Gasteiger partial charge on any atom is 0.123 e. The summed E-state index contributed by atoms with van der Waals surface area (Å²) in [4.78, 5) is 0. The van der Waals surface area contributed by atoms with Crippen molar-refractivity contribution in [2.45, 2.75) is 25.6 Å². The van der Waals surface area contributed by atoms with Crippen LogP contribution < -0.4 is 0 Å². The van der Waals surface area contributed by atoms with E-state index >= 15 is 0 Å². The molecular formula is C17H18O. The standard InChI is InChI=1S/C17H18O/c1-13-14(2)18-17(13,15-9-5-3-6-10-15)16-11-7-4-8-12-16/h3-14H,1-2H3. The minimum absolute atomic E-state index is 0.262. The third-order valence-electron chi connectivity index (χ3n) is 4.12. The molecule has 0 radical (unpaired) electrons. The van der Waals surface area contributed by atoms with Crippen LogP contribution in [0.2, 0.25) is 0 Å². The van der Waals surface area contributed by atoms with E-state index in [1.165, 1.54) is 11.1 Å². The van der Waals surface area contributed by atoms with Gasteiger partial charge in [-0.1, -0.05) is 67.6 Å². The normalized spacial score (nSPS) is 25.4. The van der Waals surface area contributed by atoms with Crippen LogP contribution in [0.5, 0.6) is 0 Å². The molecule has 1 saturated heterocycles. The lowest BCUT2D eigenvalue weighted by Gasteiger charge is -2.53. The number of hydrogen-bond donors (Lipinski definition) is 0. The number of hydrogen-bond acceptors (Lipinski definition) is 1. The van der Waals surface area contributed by atoms with Crippen LogP contribution in [0.3, 0.4) is 0 Å². The van der Waals surface area contributed by atoms with Crippen molar-refractivity contribution in [3.05, 3.63) is 71.8 Å². The minimum atomic E-state index is -0.262. The van der Waals surface area contributed by atoms with Gasteiger partial charge in [-0.15, -0.1) is 0 Å². The molecule has 1 aliphatic rings. The predicted molar refractivity (Wildman–Crippen MR) is 73.4 cm³/mol. The molecule has 1 fully saturated rings. The summed E-state index contributed by atoms with van der Waals surface area (Å²) in [5.74, 6) is 0.488. The Kier molecular flexibility index (Phi) is 2.71. The summed E-state index contributed by atoms with van der Waals surface area (Å²) in [5, 5.41) is 0. The molecule has 92 valence electrons. The van der Waals surface area contributed by atoms with E-state index in [4.69, 9.17) is 4.74 Å². The van der Waals surface area contributed by atoms with E-state index < -0.39 is 0 Å². The molecule has 0 bridgehead atoms. The molecule has 2 unspecified atom stereocenters. The van der Waals surface area contributed by atoms with Gasteiger partial charge in [0.2, 0.25) is 0 Å². The van der Waals surface area contributed by atoms with Gasteiger partial charge in [-0.05, 0) is 18.1 Å². The van der Waals surface area contributed by atoms with Gasteiger partial charge in [0.15, 0.2) is 0 Å². The summed E-state index contributed by atoms with van der Waals surface area (Å²) >= 11 is 0. The van der Waals surface area contributed by atoms with Gasteiger partial charge in [0, 0.05) is 5.92 Å². The maximum atomic E-state index is 6.21. The van der Waals surface area contributed by atoms with Crippen molar-refractivity contribution in [1.82, 2.24) is 0 Å². The molecule has 18 heavy (non-hydrogen) atoms. The molecule has 0 aromatic heterocycles. The van der Waals surface area contributed by atoms with Crippen LogP contribution in [0, 0.1) is 5.92 Å². The molecule has 0 saturated carbocycles. The highest BCUT2D eigenvalue weighted by molar-refractivity contribution is 5.39. The fraction of sp³-hybridized carbons (Fsp3) is 0.294. The van der Waals surface area contributed by atoms with Crippen LogP contribution in [0.4, 0.5) is 0 Å². The van der Waals surface area contributed by atoms with Crippen LogP contribution in [-0.4, -0.2) is 6.10 Å². The third kappa shape index (κ3) is 1.51. The van der Waals surface area contributed by atoms with Crippen molar-refractivity contribution in [3.8, 4) is 0 Å². The molecule has 0 spiro atoms. The van der Waals surface area contributed by atoms with Crippen molar-refractivity contribution in [3.63, 3.8) is 0 Å². The van der Waals surface area contributed by atoms with Gasteiger partial charge in [-0.3, -0.25) is 0 Å². The SMILES string of the molecule is CC1OC(c2ccccc2)(c2ccccc2)C1C. The summed E-state index contributed by atoms with van der Waals surface area (Å²) < 4.78 is 6.21. The summed E-state index contributed by atoms with van der Waals surface area (Å²) in [7, 11) is 0. The van der Waals surface area contributed by atoms with E-state index in [2.05, 4.69) is 74.5 Å². The van der Waals surface area contributed by atoms with Crippen molar-refractivity contribution in [2.24, 2.45) is 5.92 Å². The van der Waals surface area contributed by atoms with Crippen LogP contribution in [0.1, 0.15) is 25.0 Å². The van der Waals surface area contributed by atoms with Crippen molar-refractivity contribution < 1.29 is 4.74 Å². The Morgan fingerprint density at radius 2 is 1.22 bits per heavy atom. The highest BCUT2D eigenvalue weighted by Crippen LogP contribution is 2.51. The second-order valence-corrected chi connectivity index (χ2v) is 5.08. The Morgan fingerprint density at radius 1 is 0.778 bits per heavy atom. The lowest BCUT2D eigenvalue weighted by Crippen LogP contribution is -2.55. The van der Waals surface area contributed by atoms with Crippen LogP contribution in [0.15, 0.2) is 60.7 Å². The summed E-state index contributed by atoms with van der Waals surface area (Å²) in [6.45, 7) is 4.42. The monoisotopic (exact) mass is 238 g/mol. The lowest BCUT2D eigenvalue weighted by molar-refractivity contribution is -0.231. The molecule has 2 atom stereocenters. The first-order valence-electron chi connectivity index (χ1n) is 6.54. The number of ether oxygens (including phenoxy) is 1. The molecule has 0 N–H and O–H groups in total. The fourth-order valence-electron chi connectivity index (χ4n) is 2.96. The van der Waals surface area contributed by atoms with E-state index in [1.54, 1.807) is 0 Å². The number of benzene rings is 2.